The Morgan fingerprint density at radius 2 is 1.65 bits per heavy atom. The molecule has 0 saturated carbocycles. The number of carboxylic acid groups (broad SMARTS) is 1. The van der Waals surface area contributed by atoms with Crippen LogP contribution in [0.15, 0.2) is 48.5 Å². The Balaban J connectivity index is 1.70. The molecule has 0 radical (unpaired) electrons. The number of carbonyl (C=O) groups is 1. The predicted octanol–water partition coefficient (Wildman–Crippen LogP) is 5.27. The molecule has 0 saturated heterocycles. The van der Waals surface area contributed by atoms with Crippen molar-refractivity contribution in [3.63, 3.8) is 0 Å². The van der Waals surface area contributed by atoms with Crippen LogP contribution in [0, 0.1) is 13.8 Å². The highest BCUT2D eigenvalue weighted by Gasteiger charge is 2.15. The summed E-state index contributed by atoms with van der Waals surface area (Å²) < 4.78 is 11.4. The molecule has 3 aromatic carbocycles. The molecule has 0 fully saturated rings. The Morgan fingerprint density at radius 3 is 2.35 bits per heavy atom. The molecule has 0 atom stereocenters. The van der Waals surface area contributed by atoms with E-state index in [1.54, 1.807) is 12.1 Å². The Kier molecular flexibility index (Phi) is 5.33. The van der Waals surface area contributed by atoms with Gasteiger partial charge in [-0.3, -0.25) is 0 Å². The van der Waals surface area contributed by atoms with Gasteiger partial charge in [0.1, 0.15) is 30.3 Å². The SMILES string of the molecule is Cc1cc(OCCOc2ccc3ccccc3c2C(=O)O)cc(C)c1Cl. The largest absolute Gasteiger partial charge is 0.490 e. The molecule has 0 amide bonds. The van der Waals surface area contributed by atoms with Crippen molar-refractivity contribution in [2.45, 2.75) is 13.8 Å². The lowest BCUT2D eigenvalue weighted by molar-refractivity contribution is 0.0693. The van der Waals surface area contributed by atoms with Gasteiger partial charge in [0.25, 0.3) is 0 Å². The van der Waals surface area contributed by atoms with E-state index < -0.39 is 5.97 Å². The average molecular weight is 371 g/mol. The molecule has 0 aliphatic heterocycles. The number of hydrogen-bond donors (Lipinski definition) is 1. The van der Waals surface area contributed by atoms with Crippen LogP contribution in [0.25, 0.3) is 10.8 Å². The van der Waals surface area contributed by atoms with E-state index in [0.717, 1.165) is 21.5 Å². The van der Waals surface area contributed by atoms with E-state index in [0.29, 0.717) is 23.5 Å². The van der Waals surface area contributed by atoms with Gasteiger partial charge in [-0.1, -0.05) is 41.9 Å². The van der Waals surface area contributed by atoms with Gasteiger partial charge in [0, 0.05) is 5.02 Å². The van der Waals surface area contributed by atoms with Crippen molar-refractivity contribution in [1.29, 1.82) is 0 Å². The van der Waals surface area contributed by atoms with Crippen LogP contribution in [-0.4, -0.2) is 24.3 Å². The number of fused-ring (bicyclic) bond motifs is 1. The highest BCUT2D eigenvalue weighted by molar-refractivity contribution is 6.32. The van der Waals surface area contributed by atoms with Gasteiger partial charge in [0.05, 0.1) is 0 Å². The van der Waals surface area contributed by atoms with Gasteiger partial charge < -0.3 is 14.6 Å². The zero-order valence-electron chi connectivity index (χ0n) is 14.6. The van der Waals surface area contributed by atoms with E-state index in [4.69, 9.17) is 21.1 Å². The first-order valence-electron chi connectivity index (χ1n) is 8.25. The summed E-state index contributed by atoms with van der Waals surface area (Å²) in [4.78, 5) is 11.7. The second-order valence-corrected chi connectivity index (χ2v) is 6.41. The lowest BCUT2D eigenvalue weighted by atomic mass is 10.0. The third kappa shape index (κ3) is 3.75. The topological polar surface area (TPSA) is 55.8 Å². The molecule has 0 spiro atoms. The first kappa shape index (κ1) is 18.1. The first-order valence-corrected chi connectivity index (χ1v) is 8.62. The van der Waals surface area contributed by atoms with Crippen LogP contribution in [0.5, 0.6) is 11.5 Å². The van der Waals surface area contributed by atoms with Gasteiger partial charge in [-0.15, -0.1) is 0 Å². The fraction of sp³-hybridized carbons (Fsp3) is 0.190. The van der Waals surface area contributed by atoms with E-state index in [1.165, 1.54) is 0 Å². The molecular formula is C21H19ClO4. The number of hydrogen-bond acceptors (Lipinski definition) is 3. The normalized spacial score (nSPS) is 10.7. The first-order chi connectivity index (χ1) is 12.5. The van der Waals surface area contributed by atoms with Gasteiger partial charge in [0.2, 0.25) is 0 Å². The third-order valence-electron chi connectivity index (χ3n) is 4.12. The fourth-order valence-electron chi connectivity index (χ4n) is 2.89. The van der Waals surface area contributed by atoms with Crippen molar-refractivity contribution >= 4 is 28.3 Å². The number of rotatable bonds is 6. The van der Waals surface area contributed by atoms with Crippen LogP contribution in [0.4, 0.5) is 0 Å². The Morgan fingerprint density at radius 1 is 1.00 bits per heavy atom. The minimum Gasteiger partial charge on any atom is -0.490 e. The molecule has 3 rings (SSSR count). The molecule has 0 aliphatic rings. The lowest BCUT2D eigenvalue weighted by Crippen LogP contribution is -2.11. The van der Waals surface area contributed by atoms with Crippen molar-refractivity contribution < 1.29 is 19.4 Å². The molecule has 134 valence electrons. The van der Waals surface area contributed by atoms with Crippen molar-refractivity contribution in [1.82, 2.24) is 0 Å². The standard InChI is InChI=1S/C21H19ClO4/c1-13-11-16(12-14(2)20(13)22)25-9-10-26-18-8-7-15-5-3-4-6-17(15)19(18)21(23)24/h3-8,11-12H,9-10H2,1-2H3,(H,23,24). The number of aromatic carboxylic acids is 1. The highest BCUT2D eigenvalue weighted by atomic mass is 35.5. The molecule has 0 aliphatic carbocycles. The molecule has 1 N–H and O–H groups in total. The number of halogens is 1. The van der Waals surface area contributed by atoms with E-state index in [-0.39, 0.29) is 12.2 Å². The molecule has 0 unspecified atom stereocenters. The predicted molar refractivity (Wildman–Crippen MR) is 103 cm³/mol. The third-order valence-corrected chi connectivity index (χ3v) is 4.72. The van der Waals surface area contributed by atoms with Crippen LogP contribution < -0.4 is 9.47 Å². The summed E-state index contributed by atoms with van der Waals surface area (Å²) in [6.45, 7) is 4.38. The zero-order valence-corrected chi connectivity index (χ0v) is 15.3. The molecular weight excluding hydrogens is 352 g/mol. The second kappa shape index (κ2) is 7.67. The molecule has 5 heteroatoms. The molecule has 0 heterocycles. The lowest BCUT2D eigenvalue weighted by Gasteiger charge is -2.13. The van der Waals surface area contributed by atoms with Crippen molar-refractivity contribution in [2.24, 2.45) is 0 Å². The Hall–Kier alpha value is -2.72. The zero-order chi connectivity index (χ0) is 18.7. The van der Waals surface area contributed by atoms with Crippen LogP contribution in [-0.2, 0) is 0 Å². The maximum Gasteiger partial charge on any atom is 0.340 e. The quantitative estimate of drug-likeness (QED) is 0.601. The van der Waals surface area contributed by atoms with Gasteiger partial charge in [-0.05, 0) is 53.9 Å². The van der Waals surface area contributed by atoms with Crippen LogP contribution in [0.3, 0.4) is 0 Å². The summed E-state index contributed by atoms with van der Waals surface area (Å²) in [5.41, 5.74) is 2.07. The van der Waals surface area contributed by atoms with Crippen LogP contribution in [0.2, 0.25) is 5.02 Å². The maximum atomic E-state index is 11.7. The number of benzene rings is 3. The van der Waals surface area contributed by atoms with Crippen molar-refractivity contribution in [3.05, 3.63) is 70.2 Å². The summed E-state index contributed by atoms with van der Waals surface area (Å²) in [5.74, 6) is 0.0369. The summed E-state index contributed by atoms with van der Waals surface area (Å²) in [7, 11) is 0. The molecule has 0 bridgehead atoms. The van der Waals surface area contributed by atoms with Gasteiger partial charge in [-0.2, -0.15) is 0 Å². The van der Waals surface area contributed by atoms with Crippen LogP contribution >= 0.6 is 11.6 Å². The Bertz CT molecular complexity index is 942. The number of aryl methyl sites for hydroxylation is 2. The summed E-state index contributed by atoms with van der Waals surface area (Å²) in [6.07, 6.45) is 0. The van der Waals surface area contributed by atoms with E-state index in [2.05, 4.69) is 0 Å². The minimum atomic E-state index is -1.01. The number of carboxylic acids is 1. The molecule has 0 aromatic heterocycles. The van der Waals surface area contributed by atoms with Gasteiger partial charge >= 0.3 is 5.97 Å². The summed E-state index contributed by atoms with van der Waals surface area (Å²) >= 11 is 6.15. The van der Waals surface area contributed by atoms with Crippen LogP contribution in [0.1, 0.15) is 21.5 Å². The summed E-state index contributed by atoms with van der Waals surface area (Å²) in [6, 6.07) is 14.6. The van der Waals surface area contributed by atoms with Crippen molar-refractivity contribution in [3.8, 4) is 11.5 Å². The minimum absolute atomic E-state index is 0.168. The Labute approximate surface area is 156 Å². The molecule has 26 heavy (non-hydrogen) atoms. The maximum absolute atomic E-state index is 11.7. The summed E-state index contributed by atoms with van der Waals surface area (Å²) in [5, 5.41) is 11.8. The highest BCUT2D eigenvalue weighted by Crippen LogP contribution is 2.28. The molecule has 4 nitrogen and oxygen atoms in total. The monoisotopic (exact) mass is 370 g/mol. The van der Waals surface area contributed by atoms with E-state index in [1.807, 2.05) is 50.2 Å². The van der Waals surface area contributed by atoms with E-state index >= 15 is 0 Å². The van der Waals surface area contributed by atoms with Crippen molar-refractivity contribution in [2.75, 3.05) is 13.2 Å². The second-order valence-electron chi connectivity index (χ2n) is 6.03. The van der Waals surface area contributed by atoms with Gasteiger partial charge in [0.15, 0.2) is 0 Å². The smallest absolute Gasteiger partial charge is 0.340 e. The number of ether oxygens (including phenoxy) is 2. The average Bonchev–Trinajstić information content (AvgIpc) is 2.62. The van der Waals surface area contributed by atoms with Gasteiger partial charge in [-0.25, -0.2) is 4.79 Å². The fourth-order valence-corrected chi connectivity index (χ4v) is 3.00. The molecule has 3 aromatic rings. The van der Waals surface area contributed by atoms with E-state index in [9.17, 15) is 9.90 Å².